The fourth-order valence-corrected chi connectivity index (χ4v) is 3.37. The van der Waals surface area contributed by atoms with Crippen LogP contribution in [0.3, 0.4) is 0 Å². The van der Waals surface area contributed by atoms with Gasteiger partial charge in [0.25, 0.3) is 0 Å². The lowest BCUT2D eigenvalue weighted by molar-refractivity contribution is 0.424. The minimum atomic E-state index is 0.115. The van der Waals surface area contributed by atoms with Crippen LogP contribution in [0.25, 0.3) is 0 Å². The molecular formula is C16H25ClN2S. The summed E-state index contributed by atoms with van der Waals surface area (Å²) in [6.07, 6.45) is 1.26. The molecule has 0 atom stereocenters. The Hall–Kier alpha value is -0.380. The van der Waals surface area contributed by atoms with Crippen LogP contribution in [0.4, 0.5) is 5.69 Å². The fourth-order valence-electron chi connectivity index (χ4n) is 2.24. The van der Waals surface area contributed by atoms with Crippen LogP contribution in [0.2, 0.25) is 5.02 Å². The molecule has 1 aromatic rings. The predicted molar refractivity (Wildman–Crippen MR) is 92.2 cm³/mol. The monoisotopic (exact) mass is 312 g/mol. The van der Waals surface area contributed by atoms with Crippen molar-refractivity contribution in [1.29, 1.82) is 0 Å². The summed E-state index contributed by atoms with van der Waals surface area (Å²) < 4.78 is 0. The number of nitrogens with one attached hydrogen (secondary N) is 1. The molecule has 0 spiro atoms. The van der Waals surface area contributed by atoms with Crippen LogP contribution in [0, 0.1) is 0 Å². The summed E-state index contributed by atoms with van der Waals surface area (Å²) >= 11 is 8.49. The van der Waals surface area contributed by atoms with Gasteiger partial charge in [0.1, 0.15) is 0 Å². The van der Waals surface area contributed by atoms with E-state index in [-0.39, 0.29) is 5.54 Å². The predicted octanol–water partition coefficient (Wildman–Crippen LogP) is 4.17. The van der Waals surface area contributed by atoms with Crippen LogP contribution < -0.4 is 10.2 Å². The molecular weight excluding hydrogens is 288 g/mol. The summed E-state index contributed by atoms with van der Waals surface area (Å²) in [6, 6.07) is 6.49. The van der Waals surface area contributed by atoms with Gasteiger partial charge >= 0.3 is 0 Å². The van der Waals surface area contributed by atoms with Crippen LogP contribution in [0.5, 0.6) is 0 Å². The Morgan fingerprint density at radius 1 is 1.25 bits per heavy atom. The maximum absolute atomic E-state index is 6.45. The van der Waals surface area contributed by atoms with Gasteiger partial charge < -0.3 is 10.2 Å². The first-order valence-electron chi connectivity index (χ1n) is 7.32. The van der Waals surface area contributed by atoms with Crippen molar-refractivity contribution < 1.29 is 0 Å². The van der Waals surface area contributed by atoms with E-state index in [2.05, 4.69) is 49.2 Å². The van der Waals surface area contributed by atoms with E-state index in [0.29, 0.717) is 0 Å². The molecule has 0 aromatic heterocycles. The summed E-state index contributed by atoms with van der Waals surface area (Å²) in [5, 5.41) is 4.36. The zero-order chi connectivity index (χ0) is 14.6. The average Bonchev–Trinajstić information content (AvgIpc) is 2.65. The van der Waals surface area contributed by atoms with E-state index < -0.39 is 0 Å². The lowest BCUT2D eigenvalue weighted by Gasteiger charge is -2.24. The van der Waals surface area contributed by atoms with Gasteiger partial charge in [-0.25, -0.2) is 0 Å². The van der Waals surface area contributed by atoms with E-state index in [1.165, 1.54) is 29.2 Å². The number of thioether (sulfide) groups is 1. The maximum atomic E-state index is 6.45. The second-order valence-corrected chi connectivity index (χ2v) is 7.96. The van der Waals surface area contributed by atoms with Crippen molar-refractivity contribution >= 4 is 29.1 Å². The Morgan fingerprint density at radius 2 is 2.05 bits per heavy atom. The zero-order valence-corrected chi connectivity index (χ0v) is 14.3. The number of hydrogen-bond donors (Lipinski definition) is 1. The summed E-state index contributed by atoms with van der Waals surface area (Å²) in [5.74, 6) is 2.49. The van der Waals surface area contributed by atoms with E-state index >= 15 is 0 Å². The van der Waals surface area contributed by atoms with Crippen LogP contribution in [0.1, 0.15) is 32.8 Å². The van der Waals surface area contributed by atoms with Gasteiger partial charge in [-0.05, 0) is 50.6 Å². The van der Waals surface area contributed by atoms with E-state index in [1.807, 2.05) is 11.8 Å². The molecule has 1 aliphatic rings. The normalized spacial score (nSPS) is 17.1. The van der Waals surface area contributed by atoms with Crippen molar-refractivity contribution in [3.8, 4) is 0 Å². The molecule has 1 fully saturated rings. The number of halogens is 1. The molecule has 0 amide bonds. The molecule has 0 saturated carbocycles. The second-order valence-electron chi connectivity index (χ2n) is 6.33. The summed E-state index contributed by atoms with van der Waals surface area (Å²) in [7, 11) is 0. The highest BCUT2D eigenvalue weighted by molar-refractivity contribution is 7.99. The van der Waals surface area contributed by atoms with Crippen molar-refractivity contribution in [3.63, 3.8) is 0 Å². The number of anilines is 1. The van der Waals surface area contributed by atoms with Gasteiger partial charge in [-0.2, -0.15) is 11.8 Å². The maximum Gasteiger partial charge on any atom is 0.0471 e. The SMILES string of the molecule is CC(C)(C)NCc1ccc(N2CCCSCC2)cc1Cl. The van der Waals surface area contributed by atoms with E-state index in [0.717, 1.165) is 24.7 Å². The van der Waals surface area contributed by atoms with Crippen LogP contribution >= 0.6 is 23.4 Å². The van der Waals surface area contributed by atoms with Crippen LogP contribution in [0.15, 0.2) is 18.2 Å². The third kappa shape index (κ3) is 4.87. The van der Waals surface area contributed by atoms with Crippen molar-refractivity contribution in [2.45, 2.75) is 39.3 Å². The minimum absolute atomic E-state index is 0.115. The molecule has 0 unspecified atom stereocenters. The first-order chi connectivity index (χ1) is 9.46. The van der Waals surface area contributed by atoms with E-state index in [9.17, 15) is 0 Å². The number of nitrogens with zero attached hydrogens (tertiary/aromatic N) is 1. The quantitative estimate of drug-likeness (QED) is 0.901. The minimum Gasteiger partial charge on any atom is -0.371 e. The van der Waals surface area contributed by atoms with Crippen LogP contribution in [-0.4, -0.2) is 30.1 Å². The van der Waals surface area contributed by atoms with Gasteiger partial charge in [0.2, 0.25) is 0 Å². The number of hydrogen-bond acceptors (Lipinski definition) is 3. The van der Waals surface area contributed by atoms with Gasteiger partial charge in [-0.3, -0.25) is 0 Å². The molecule has 1 heterocycles. The van der Waals surface area contributed by atoms with E-state index in [1.54, 1.807) is 0 Å². The molecule has 1 saturated heterocycles. The van der Waals surface area contributed by atoms with Gasteiger partial charge in [0, 0.05) is 41.6 Å². The highest BCUT2D eigenvalue weighted by atomic mass is 35.5. The topological polar surface area (TPSA) is 15.3 Å². The molecule has 112 valence electrons. The summed E-state index contributed by atoms with van der Waals surface area (Å²) in [4.78, 5) is 2.45. The molecule has 4 heteroatoms. The van der Waals surface area contributed by atoms with Gasteiger partial charge in [0.05, 0.1) is 0 Å². The van der Waals surface area contributed by atoms with Crippen molar-refractivity contribution in [3.05, 3.63) is 28.8 Å². The Bertz CT molecular complexity index is 435. The second kappa shape index (κ2) is 7.06. The third-order valence-electron chi connectivity index (χ3n) is 3.43. The number of benzene rings is 1. The van der Waals surface area contributed by atoms with Crippen molar-refractivity contribution in [2.24, 2.45) is 0 Å². The zero-order valence-electron chi connectivity index (χ0n) is 12.7. The van der Waals surface area contributed by atoms with Gasteiger partial charge in [-0.15, -0.1) is 0 Å². The van der Waals surface area contributed by atoms with Gasteiger partial charge in [0.15, 0.2) is 0 Å². The molecule has 2 rings (SSSR count). The molecule has 0 bridgehead atoms. The Balaban J connectivity index is 2.04. The summed E-state index contributed by atoms with van der Waals surface area (Å²) in [5.41, 5.74) is 2.55. The van der Waals surface area contributed by atoms with Gasteiger partial charge in [-0.1, -0.05) is 17.7 Å². The first-order valence-corrected chi connectivity index (χ1v) is 8.85. The fraction of sp³-hybridized carbons (Fsp3) is 0.625. The molecule has 0 aliphatic carbocycles. The Labute approximate surface area is 132 Å². The van der Waals surface area contributed by atoms with E-state index in [4.69, 9.17) is 11.6 Å². The highest BCUT2D eigenvalue weighted by Gasteiger charge is 2.13. The molecule has 1 aliphatic heterocycles. The molecule has 0 radical (unpaired) electrons. The van der Waals surface area contributed by atoms with Crippen molar-refractivity contribution in [1.82, 2.24) is 5.32 Å². The lowest BCUT2D eigenvalue weighted by atomic mass is 10.1. The molecule has 20 heavy (non-hydrogen) atoms. The van der Waals surface area contributed by atoms with Crippen LogP contribution in [-0.2, 0) is 6.54 Å². The standard InChI is InChI=1S/C16H25ClN2S/c1-16(2,3)18-12-13-5-6-14(11-15(13)17)19-7-4-9-20-10-8-19/h5-6,11,18H,4,7-10,12H2,1-3H3. The molecule has 1 N–H and O–H groups in total. The number of rotatable bonds is 3. The largest absolute Gasteiger partial charge is 0.371 e. The first kappa shape index (κ1) is 16.0. The Kier molecular flexibility index (Phi) is 5.65. The average molecular weight is 313 g/mol. The highest BCUT2D eigenvalue weighted by Crippen LogP contribution is 2.26. The van der Waals surface area contributed by atoms with Crippen molar-refractivity contribution in [2.75, 3.05) is 29.5 Å². The lowest BCUT2D eigenvalue weighted by Crippen LogP contribution is -2.35. The Morgan fingerprint density at radius 3 is 2.75 bits per heavy atom. The molecule has 1 aromatic carbocycles. The third-order valence-corrected chi connectivity index (χ3v) is 4.83. The smallest absolute Gasteiger partial charge is 0.0471 e. The molecule has 2 nitrogen and oxygen atoms in total. The summed E-state index contributed by atoms with van der Waals surface area (Å²) in [6.45, 7) is 9.60.